The smallest absolute Gasteiger partial charge is 0.273 e. The lowest BCUT2D eigenvalue weighted by atomic mass is 10.1. The minimum atomic E-state index is -0.473. The van der Waals surface area contributed by atoms with Crippen LogP contribution >= 0.6 is 23.2 Å². The molecule has 0 aliphatic heterocycles. The number of hydrogen-bond donors (Lipinski definition) is 0. The first-order valence-electron chi connectivity index (χ1n) is 5.67. The van der Waals surface area contributed by atoms with Gasteiger partial charge in [-0.3, -0.25) is 10.1 Å². The van der Waals surface area contributed by atoms with Gasteiger partial charge < -0.3 is 4.74 Å². The number of nitro benzene ring substituents is 1. The predicted octanol–water partition coefficient (Wildman–Crippen LogP) is 4.28. The zero-order chi connectivity index (χ0) is 13.5. The summed E-state index contributed by atoms with van der Waals surface area (Å²) in [6, 6.07) is 4.16. The number of alkyl halides is 1. The third-order valence-electron chi connectivity index (χ3n) is 2.60. The predicted molar refractivity (Wildman–Crippen MR) is 72.7 cm³/mol. The molecule has 4 nitrogen and oxygen atoms in total. The van der Waals surface area contributed by atoms with Crippen LogP contribution in [0.15, 0.2) is 18.2 Å². The second-order valence-electron chi connectivity index (χ2n) is 4.09. The Morgan fingerprint density at radius 2 is 2.17 bits per heavy atom. The van der Waals surface area contributed by atoms with Crippen LogP contribution in [0.4, 0.5) is 5.69 Å². The summed E-state index contributed by atoms with van der Waals surface area (Å²) < 4.78 is 5.47. The van der Waals surface area contributed by atoms with Crippen molar-refractivity contribution in [3.8, 4) is 5.75 Å². The molecule has 1 atom stereocenters. The fraction of sp³-hybridized carbons (Fsp3) is 0.500. The van der Waals surface area contributed by atoms with E-state index in [1.54, 1.807) is 0 Å². The summed E-state index contributed by atoms with van der Waals surface area (Å²) in [4.78, 5) is 10.2. The van der Waals surface area contributed by atoms with Crippen molar-refractivity contribution in [3.63, 3.8) is 0 Å². The third kappa shape index (κ3) is 4.70. The SMILES string of the molecule is CC(CCCl)CCOc1cc([N+](=O)[O-])ccc1Cl. The third-order valence-corrected chi connectivity index (χ3v) is 3.13. The molecule has 1 aromatic rings. The molecular formula is C12H15Cl2NO3. The van der Waals surface area contributed by atoms with Gasteiger partial charge in [-0.25, -0.2) is 0 Å². The van der Waals surface area contributed by atoms with Crippen molar-refractivity contribution in [2.24, 2.45) is 5.92 Å². The summed E-state index contributed by atoms with van der Waals surface area (Å²) in [6.45, 7) is 2.56. The summed E-state index contributed by atoms with van der Waals surface area (Å²) in [5.74, 6) is 1.43. The van der Waals surface area contributed by atoms with Crippen LogP contribution in [0.5, 0.6) is 5.75 Å². The van der Waals surface area contributed by atoms with Crippen LogP contribution in [0.1, 0.15) is 19.8 Å². The van der Waals surface area contributed by atoms with Crippen LogP contribution in [0, 0.1) is 16.0 Å². The Labute approximate surface area is 116 Å². The second kappa shape index (κ2) is 7.44. The first-order chi connectivity index (χ1) is 8.54. The lowest BCUT2D eigenvalue weighted by Gasteiger charge is -2.11. The fourth-order valence-electron chi connectivity index (χ4n) is 1.42. The molecule has 0 N–H and O–H groups in total. The van der Waals surface area contributed by atoms with Crippen LogP contribution in [0.2, 0.25) is 5.02 Å². The molecule has 0 amide bonds. The first kappa shape index (κ1) is 15.1. The van der Waals surface area contributed by atoms with Gasteiger partial charge in [0.25, 0.3) is 5.69 Å². The van der Waals surface area contributed by atoms with Gasteiger partial charge in [-0.1, -0.05) is 18.5 Å². The van der Waals surface area contributed by atoms with Crippen molar-refractivity contribution in [1.29, 1.82) is 0 Å². The maximum Gasteiger partial charge on any atom is 0.273 e. The second-order valence-corrected chi connectivity index (χ2v) is 4.88. The highest BCUT2D eigenvalue weighted by Crippen LogP contribution is 2.29. The van der Waals surface area contributed by atoms with Gasteiger partial charge in [0.2, 0.25) is 0 Å². The Bertz CT molecular complexity index is 412. The van der Waals surface area contributed by atoms with Crippen molar-refractivity contribution in [1.82, 2.24) is 0 Å². The summed E-state index contributed by atoms with van der Waals surface area (Å²) in [6.07, 6.45) is 1.76. The molecule has 0 aliphatic rings. The van der Waals surface area contributed by atoms with Crippen molar-refractivity contribution >= 4 is 28.9 Å². The van der Waals surface area contributed by atoms with E-state index in [1.807, 2.05) is 0 Å². The quantitative estimate of drug-likeness (QED) is 0.428. The number of rotatable bonds is 7. The normalized spacial score (nSPS) is 12.2. The van der Waals surface area contributed by atoms with E-state index >= 15 is 0 Å². The van der Waals surface area contributed by atoms with E-state index in [9.17, 15) is 10.1 Å². The number of ether oxygens (including phenoxy) is 1. The molecule has 0 saturated heterocycles. The van der Waals surface area contributed by atoms with E-state index in [2.05, 4.69) is 6.92 Å². The van der Waals surface area contributed by atoms with Crippen LogP contribution in [0.25, 0.3) is 0 Å². The molecule has 0 spiro atoms. The highest BCUT2D eigenvalue weighted by molar-refractivity contribution is 6.32. The summed E-state index contributed by atoms with van der Waals surface area (Å²) in [5, 5.41) is 11.0. The minimum absolute atomic E-state index is 0.0248. The summed E-state index contributed by atoms with van der Waals surface area (Å²) in [5.41, 5.74) is -0.0248. The first-order valence-corrected chi connectivity index (χ1v) is 6.58. The zero-order valence-electron chi connectivity index (χ0n) is 10.1. The van der Waals surface area contributed by atoms with Crippen molar-refractivity contribution in [2.75, 3.05) is 12.5 Å². The number of benzene rings is 1. The van der Waals surface area contributed by atoms with E-state index in [0.29, 0.717) is 29.2 Å². The number of hydrogen-bond acceptors (Lipinski definition) is 3. The lowest BCUT2D eigenvalue weighted by molar-refractivity contribution is -0.384. The number of non-ortho nitro benzene ring substituents is 1. The maximum absolute atomic E-state index is 10.6. The van der Waals surface area contributed by atoms with Crippen LogP contribution < -0.4 is 4.74 Å². The van der Waals surface area contributed by atoms with Crippen molar-refractivity contribution in [2.45, 2.75) is 19.8 Å². The van der Waals surface area contributed by atoms with E-state index < -0.39 is 4.92 Å². The Balaban J connectivity index is 2.56. The molecule has 0 fully saturated rings. The molecule has 0 radical (unpaired) electrons. The number of nitro groups is 1. The standard InChI is InChI=1S/C12H15Cl2NO3/c1-9(4-6-13)5-7-18-12-8-10(15(16)17)2-3-11(12)14/h2-3,8-9H,4-7H2,1H3. The number of halogens is 2. The van der Waals surface area contributed by atoms with Crippen molar-refractivity contribution < 1.29 is 9.66 Å². The zero-order valence-corrected chi connectivity index (χ0v) is 11.6. The average Bonchev–Trinajstić information content (AvgIpc) is 2.31. The Kier molecular flexibility index (Phi) is 6.22. The van der Waals surface area contributed by atoms with Gasteiger partial charge >= 0.3 is 0 Å². The van der Waals surface area contributed by atoms with Crippen molar-refractivity contribution in [3.05, 3.63) is 33.3 Å². The van der Waals surface area contributed by atoms with Crippen LogP contribution in [-0.4, -0.2) is 17.4 Å². The molecule has 18 heavy (non-hydrogen) atoms. The lowest BCUT2D eigenvalue weighted by Crippen LogP contribution is -2.05. The van der Waals surface area contributed by atoms with Gasteiger partial charge in [0.05, 0.1) is 22.6 Å². The molecule has 1 aromatic carbocycles. The van der Waals surface area contributed by atoms with Gasteiger partial charge in [-0.05, 0) is 24.8 Å². The Hall–Kier alpha value is -1.000. The minimum Gasteiger partial charge on any atom is -0.492 e. The highest BCUT2D eigenvalue weighted by atomic mass is 35.5. The fourth-order valence-corrected chi connectivity index (χ4v) is 1.96. The molecule has 1 rings (SSSR count). The van der Waals surface area contributed by atoms with E-state index in [-0.39, 0.29) is 5.69 Å². The molecule has 0 heterocycles. The van der Waals surface area contributed by atoms with Gasteiger partial charge in [-0.2, -0.15) is 0 Å². The van der Waals surface area contributed by atoms with E-state index in [1.165, 1.54) is 18.2 Å². The summed E-state index contributed by atoms with van der Waals surface area (Å²) >= 11 is 11.5. The molecule has 0 bridgehead atoms. The largest absolute Gasteiger partial charge is 0.492 e. The molecule has 6 heteroatoms. The molecule has 0 aliphatic carbocycles. The van der Waals surface area contributed by atoms with Gasteiger partial charge in [0.1, 0.15) is 5.75 Å². The molecule has 0 aromatic heterocycles. The molecule has 0 saturated carbocycles. The van der Waals surface area contributed by atoms with Gasteiger partial charge in [0, 0.05) is 11.9 Å². The Morgan fingerprint density at radius 1 is 1.44 bits per heavy atom. The van der Waals surface area contributed by atoms with E-state index in [4.69, 9.17) is 27.9 Å². The topological polar surface area (TPSA) is 52.4 Å². The van der Waals surface area contributed by atoms with Crippen LogP contribution in [-0.2, 0) is 0 Å². The van der Waals surface area contributed by atoms with Crippen LogP contribution in [0.3, 0.4) is 0 Å². The molecule has 1 unspecified atom stereocenters. The van der Waals surface area contributed by atoms with E-state index in [0.717, 1.165) is 12.8 Å². The molecule has 100 valence electrons. The molecular weight excluding hydrogens is 277 g/mol. The summed E-state index contributed by atoms with van der Waals surface area (Å²) in [7, 11) is 0. The van der Waals surface area contributed by atoms with Gasteiger partial charge in [0.15, 0.2) is 0 Å². The van der Waals surface area contributed by atoms with Gasteiger partial charge in [-0.15, -0.1) is 11.6 Å². The monoisotopic (exact) mass is 291 g/mol. The number of nitrogens with zero attached hydrogens (tertiary/aromatic N) is 1. The Morgan fingerprint density at radius 3 is 2.78 bits per heavy atom. The highest BCUT2D eigenvalue weighted by Gasteiger charge is 2.11. The average molecular weight is 292 g/mol. The maximum atomic E-state index is 10.6.